The zero-order valence-electron chi connectivity index (χ0n) is 17.9. The fourth-order valence-corrected chi connectivity index (χ4v) is 4.37. The van der Waals surface area contributed by atoms with Gasteiger partial charge in [-0.1, -0.05) is 24.3 Å². The SMILES string of the molecule is COc1ccc([C@@H]2C[C@H](C(F)(F)F)n3ncc(-c4nc5c6ccccc6ncn5n4)c3N2)cc1. The minimum atomic E-state index is -4.47. The van der Waals surface area contributed by atoms with E-state index in [0.29, 0.717) is 22.5 Å². The molecule has 11 heteroatoms. The average Bonchev–Trinajstić information content (AvgIpc) is 3.47. The lowest BCUT2D eigenvalue weighted by Gasteiger charge is -2.34. The summed E-state index contributed by atoms with van der Waals surface area (Å²) in [5, 5.41) is 12.6. The molecule has 8 nitrogen and oxygen atoms in total. The predicted molar refractivity (Wildman–Crippen MR) is 119 cm³/mol. The molecule has 1 aliphatic rings. The van der Waals surface area contributed by atoms with E-state index in [4.69, 9.17) is 4.74 Å². The van der Waals surface area contributed by atoms with Gasteiger partial charge in [0.15, 0.2) is 17.5 Å². The first-order valence-corrected chi connectivity index (χ1v) is 10.6. The van der Waals surface area contributed by atoms with Crippen molar-refractivity contribution in [2.75, 3.05) is 12.4 Å². The number of ether oxygens (including phenoxy) is 1. The molecule has 1 N–H and O–H groups in total. The van der Waals surface area contributed by atoms with Crippen molar-refractivity contribution in [3.63, 3.8) is 0 Å². The van der Waals surface area contributed by atoms with E-state index in [0.717, 1.165) is 15.6 Å². The number of nitrogens with zero attached hydrogens (tertiary/aromatic N) is 6. The molecule has 0 saturated carbocycles. The molecule has 0 aliphatic carbocycles. The maximum atomic E-state index is 14.0. The van der Waals surface area contributed by atoms with Crippen molar-refractivity contribution in [3.8, 4) is 17.1 Å². The Morgan fingerprint density at radius 1 is 1.09 bits per heavy atom. The van der Waals surface area contributed by atoms with Crippen LogP contribution in [0.2, 0.25) is 0 Å². The number of anilines is 1. The third-order valence-corrected chi connectivity index (χ3v) is 6.08. The number of rotatable bonds is 3. The lowest BCUT2D eigenvalue weighted by molar-refractivity contribution is -0.173. The van der Waals surface area contributed by atoms with E-state index in [1.165, 1.54) is 17.0 Å². The Morgan fingerprint density at radius 3 is 2.65 bits per heavy atom. The highest BCUT2D eigenvalue weighted by Crippen LogP contribution is 2.46. The summed E-state index contributed by atoms with van der Waals surface area (Å²) in [4.78, 5) is 8.99. The van der Waals surface area contributed by atoms with Gasteiger partial charge in [-0.15, -0.1) is 5.10 Å². The summed E-state index contributed by atoms with van der Waals surface area (Å²) in [7, 11) is 1.54. The molecule has 2 atom stereocenters. The highest BCUT2D eigenvalue weighted by atomic mass is 19.4. The van der Waals surface area contributed by atoms with Crippen LogP contribution in [0, 0.1) is 0 Å². The highest BCUT2D eigenvalue weighted by Gasteiger charge is 2.47. The van der Waals surface area contributed by atoms with E-state index >= 15 is 0 Å². The Hall–Kier alpha value is -4.15. The van der Waals surface area contributed by atoms with Gasteiger partial charge in [0.25, 0.3) is 0 Å². The lowest BCUT2D eigenvalue weighted by atomic mass is 9.96. The molecule has 0 bridgehead atoms. The van der Waals surface area contributed by atoms with Gasteiger partial charge in [-0.2, -0.15) is 18.3 Å². The van der Waals surface area contributed by atoms with Crippen molar-refractivity contribution in [2.24, 2.45) is 0 Å². The minimum Gasteiger partial charge on any atom is -0.497 e. The number of aromatic nitrogens is 6. The van der Waals surface area contributed by atoms with Crippen molar-refractivity contribution in [1.29, 1.82) is 0 Å². The fraction of sp³-hybridized carbons (Fsp3) is 0.217. The second-order valence-electron chi connectivity index (χ2n) is 8.08. The van der Waals surface area contributed by atoms with Crippen LogP contribution in [0.25, 0.3) is 27.9 Å². The van der Waals surface area contributed by atoms with E-state index < -0.39 is 18.3 Å². The molecule has 0 amide bonds. The molecule has 172 valence electrons. The third-order valence-electron chi connectivity index (χ3n) is 6.08. The molecule has 0 spiro atoms. The maximum absolute atomic E-state index is 14.0. The monoisotopic (exact) mass is 465 g/mol. The summed E-state index contributed by atoms with van der Waals surface area (Å²) in [6.45, 7) is 0. The number of benzene rings is 2. The molecular weight excluding hydrogens is 447 g/mol. The van der Waals surface area contributed by atoms with E-state index in [1.807, 2.05) is 24.3 Å². The van der Waals surface area contributed by atoms with Gasteiger partial charge in [-0.25, -0.2) is 19.2 Å². The van der Waals surface area contributed by atoms with Crippen LogP contribution in [-0.4, -0.2) is 42.6 Å². The lowest BCUT2D eigenvalue weighted by Crippen LogP contribution is -2.35. The van der Waals surface area contributed by atoms with Gasteiger partial charge in [0.1, 0.15) is 17.9 Å². The van der Waals surface area contributed by atoms with Crippen LogP contribution in [0.1, 0.15) is 24.1 Å². The number of nitrogens with one attached hydrogen (secondary N) is 1. The molecule has 34 heavy (non-hydrogen) atoms. The Kier molecular flexibility index (Phi) is 4.48. The molecule has 5 aromatic rings. The summed E-state index contributed by atoms with van der Waals surface area (Å²) in [5.74, 6) is 1.12. The molecule has 0 saturated heterocycles. The van der Waals surface area contributed by atoms with Crippen LogP contribution in [0.4, 0.5) is 19.0 Å². The molecule has 3 aromatic heterocycles. The van der Waals surface area contributed by atoms with Crippen molar-refractivity contribution in [3.05, 3.63) is 66.6 Å². The van der Waals surface area contributed by atoms with Crippen molar-refractivity contribution in [2.45, 2.75) is 24.7 Å². The van der Waals surface area contributed by atoms with Crippen LogP contribution < -0.4 is 10.1 Å². The zero-order valence-corrected chi connectivity index (χ0v) is 17.9. The molecule has 4 heterocycles. The average molecular weight is 465 g/mol. The second kappa shape index (κ2) is 7.44. The summed E-state index contributed by atoms with van der Waals surface area (Å²) < 4.78 is 49.8. The molecule has 6 rings (SSSR count). The van der Waals surface area contributed by atoms with Crippen LogP contribution in [0.3, 0.4) is 0 Å². The normalized spacial score (nSPS) is 18.1. The number of methoxy groups -OCH3 is 1. The molecule has 2 aromatic carbocycles. The number of hydrogen-bond donors (Lipinski definition) is 1. The van der Waals surface area contributed by atoms with Crippen LogP contribution >= 0.6 is 0 Å². The maximum Gasteiger partial charge on any atom is 0.410 e. The van der Waals surface area contributed by atoms with Gasteiger partial charge >= 0.3 is 6.18 Å². The van der Waals surface area contributed by atoms with Gasteiger partial charge in [-0.05, 0) is 29.8 Å². The first kappa shape index (κ1) is 20.5. The number of halogens is 3. The molecule has 0 fully saturated rings. The summed E-state index contributed by atoms with van der Waals surface area (Å²) in [5.41, 5.74) is 2.42. The van der Waals surface area contributed by atoms with Gasteiger partial charge in [0.2, 0.25) is 0 Å². The number of alkyl halides is 3. The Labute approximate surface area is 191 Å². The summed E-state index contributed by atoms with van der Waals surface area (Å²) in [6.07, 6.45) is -1.76. The first-order valence-electron chi connectivity index (χ1n) is 10.6. The fourth-order valence-electron chi connectivity index (χ4n) is 4.37. The largest absolute Gasteiger partial charge is 0.497 e. The summed E-state index contributed by atoms with van der Waals surface area (Å²) >= 11 is 0. The topological polar surface area (TPSA) is 82.2 Å². The second-order valence-corrected chi connectivity index (χ2v) is 8.08. The van der Waals surface area contributed by atoms with Crippen LogP contribution in [-0.2, 0) is 0 Å². The molecule has 0 radical (unpaired) electrons. The van der Waals surface area contributed by atoms with Crippen molar-refractivity contribution < 1.29 is 17.9 Å². The zero-order chi connectivity index (χ0) is 23.4. The molecule has 0 unspecified atom stereocenters. The third kappa shape index (κ3) is 3.23. The Bertz CT molecular complexity index is 1510. The van der Waals surface area contributed by atoms with Crippen molar-refractivity contribution >= 4 is 22.4 Å². The molecular formula is C23H18F3N7O. The van der Waals surface area contributed by atoms with Crippen LogP contribution in [0.15, 0.2) is 61.1 Å². The smallest absolute Gasteiger partial charge is 0.410 e. The first-order chi connectivity index (χ1) is 16.4. The van der Waals surface area contributed by atoms with E-state index in [9.17, 15) is 13.2 Å². The molecule has 1 aliphatic heterocycles. The number of hydrogen-bond acceptors (Lipinski definition) is 6. The quantitative estimate of drug-likeness (QED) is 0.412. The number of para-hydroxylation sites is 1. The van der Waals surface area contributed by atoms with Gasteiger partial charge < -0.3 is 10.1 Å². The number of fused-ring (bicyclic) bond motifs is 4. The predicted octanol–water partition coefficient (Wildman–Crippen LogP) is 4.81. The highest BCUT2D eigenvalue weighted by molar-refractivity contribution is 5.91. The van der Waals surface area contributed by atoms with E-state index in [2.05, 4.69) is 25.5 Å². The van der Waals surface area contributed by atoms with Gasteiger partial charge in [0, 0.05) is 11.8 Å². The van der Waals surface area contributed by atoms with Crippen LogP contribution in [0.5, 0.6) is 5.75 Å². The van der Waals surface area contributed by atoms with E-state index in [1.54, 1.807) is 31.4 Å². The van der Waals surface area contributed by atoms with Crippen molar-refractivity contribution in [1.82, 2.24) is 29.4 Å². The minimum absolute atomic E-state index is 0.197. The summed E-state index contributed by atoms with van der Waals surface area (Å²) in [6, 6.07) is 12.1. The van der Waals surface area contributed by atoms with E-state index in [-0.39, 0.29) is 18.1 Å². The van der Waals surface area contributed by atoms with Gasteiger partial charge in [0.05, 0.1) is 30.4 Å². The Balaban J connectivity index is 1.47. The Morgan fingerprint density at radius 2 is 1.88 bits per heavy atom. The van der Waals surface area contributed by atoms with Gasteiger partial charge in [-0.3, -0.25) is 0 Å². The standard InChI is InChI=1S/C23H18F3N7O/c1-34-14-8-6-13(7-9-14)18-10-19(23(24,25)26)33-22(29-18)16(11-28-33)20-30-21-15-4-2-3-5-17(15)27-12-32(21)31-20/h2-9,11-12,18-19,29H,10H2,1H3/t18-,19+/m0/s1.